The molecule has 1 aromatic carbocycles. The van der Waals surface area contributed by atoms with Crippen LogP contribution in [-0.2, 0) is 4.79 Å². The minimum absolute atomic E-state index is 0.313. The fourth-order valence-corrected chi connectivity index (χ4v) is 2.26. The van der Waals surface area contributed by atoms with E-state index in [1.54, 1.807) is 13.0 Å². The van der Waals surface area contributed by atoms with Gasteiger partial charge in [-0.25, -0.2) is 4.79 Å². The third kappa shape index (κ3) is 4.05. The monoisotopic (exact) mass is 273 g/mol. The van der Waals surface area contributed by atoms with Crippen molar-refractivity contribution in [3.8, 4) is 0 Å². The minimum Gasteiger partial charge on any atom is -0.478 e. The van der Waals surface area contributed by atoms with Gasteiger partial charge >= 0.3 is 5.97 Å². The predicted octanol–water partition coefficient (Wildman–Crippen LogP) is 4.85. The highest BCUT2D eigenvalue weighted by Crippen LogP contribution is 2.28. The Morgan fingerprint density at radius 3 is 2.35 bits per heavy atom. The SMILES string of the molecule is CC.CC=C(C(=O)O)c1ccccc1N=C1CCCC1. The Morgan fingerprint density at radius 1 is 1.20 bits per heavy atom. The molecule has 1 aliphatic rings. The number of carboxylic acid groups (broad SMARTS) is 1. The second kappa shape index (κ2) is 8.31. The van der Waals surface area contributed by atoms with E-state index in [0.717, 1.165) is 18.5 Å². The van der Waals surface area contributed by atoms with Crippen molar-refractivity contribution in [1.29, 1.82) is 0 Å². The molecule has 0 aromatic heterocycles. The Kier molecular flexibility index (Phi) is 6.71. The summed E-state index contributed by atoms with van der Waals surface area (Å²) in [5.41, 5.74) is 2.97. The highest BCUT2D eigenvalue weighted by Gasteiger charge is 2.14. The average Bonchev–Trinajstić information content (AvgIpc) is 2.96. The van der Waals surface area contributed by atoms with Gasteiger partial charge in [-0.2, -0.15) is 0 Å². The van der Waals surface area contributed by atoms with E-state index in [0.29, 0.717) is 11.1 Å². The Hall–Kier alpha value is -1.90. The number of allylic oxidation sites excluding steroid dienone is 1. The molecule has 0 heterocycles. The summed E-state index contributed by atoms with van der Waals surface area (Å²) in [5, 5.41) is 9.20. The minimum atomic E-state index is -0.906. The van der Waals surface area contributed by atoms with Crippen molar-refractivity contribution < 1.29 is 9.90 Å². The van der Waals surface area contributed by atoms with Crippen LogP contribution < -0.4 is 0 Å². The molecule has 1 aromatic rings. The lowest BCUT2D eigenvalue weighted by atomic mass is 10.0. The molecule has 0 unspecified atom stereocenters. The van der Waals surface area contributed by atoms with Crippen LogP contribution in [0.1, 0.15) is 52.0 Å². The lowest BCUT2D eigenvalue weighted by molar-refractivity contribution is -0.130. The first-order chi connectivity index (χ1) is 9.72. The Labute approximate surface area is 121 Å². The molecule has 108 valence electrons. The molecule has 0 saturated heterocycles. The second-order valence-corrected chi connectivity index (χ2v) is 4.41. The van der Waals surface area contributed by atoms with E-state index in [2.05, 4.69) is 4.99 Å². The number of carbonyl (C=O) groups is 1. The van der Waals surface area contributed by atoms with Gasteiger partial charge in [0.2, 0.25) is 0 Å². The number of hydrogen-bond acceptors (Lipinski definition) is 2. The van der Waals surface area contributed by atoms with Gasteiger partial charge in [0.15, 0.2) is 0 Å². The molecule has 1 fully saturated rings. The van der Waals surface area contributed by atoms with Crippen LogP contribution >= 0.6 is 0 Å². The molecule has 0 bridgehead atoms. The number of rotatable bonds is 3. The zero-order valence-corrected chi connectivity index (χ0v) is 12.5. The molecule has 0 atom stereocenters. The van der Waals surface area contributed by atoms with Crippen molar-refractivity contribution in [2.24, 2.45) is 4.99 Å². The van der Waals surface area contributed by atoms with E-state index in [4.69, 9.17) is 0 Å². The molecule has 1 N–H and O–H groups in total. The topological polar surface area (TPSA) is 49.7 Å². The molecular formula is C17H23NO2. The molecule has 3 heteroatoms. The maximum Gasteiger partial charge on any atom is 0.336 e. The van der Waals surface area contributed by atoms with E-state index >= 15 is 0 Å². The molecule has 20 heavy (non-hydrogen) atoms. The average molecular weight is 273 g/mol. The second-order valence-electron chi connectivity index (χ2n) is 4.41. The van der Waals surface area contributed by atoms with Gasteiger partial charge in [-0.1, -0.05) is 38.1 Å². The lowest BCUT2D eigenvalue weighted by Crippen LogP contribution is -2.00. The summed E-state index contributed by atoms with van der Waals surface area (Å²) in [7, 11) is 0. The standard InChI is InChI=1S/C15H17NO2.C2H6/c1-2-12(15(17)18)13-9-5-6-10-14(13)16-11-7-3-4-8-11;1-2/h2,5-6,9-10H,3-4,7-8H2,1H3,(H,17,18);1-2H3. The highest BCUT2D eigenvalue weighted by atomic mass is 16.4. The first kappa shape index (κ1) is 16.2. The zero-order chi connectivity index (χ0) is 15.0. The Bertz CT molecular complexity index is 507. The summed E-state index contributed by atoms with van der Waals surface area (Å²) < 4.78 is 0. The van der Waals surface area contributed by atoms with Crippen LogP contribution in [0.3, 0.4) is 0 Å². The normalized spacial score (nSPS) is 14.6. The quantitative estimate of drug-likeness (QED) is 0.800. The van der Waals surface area contributed by atoms with Gasteiger partial charge in [-0.15, -0.1) is 0 Å². The summed E-state index contributed by atoms with van der Waals surface area (Å²) in [6.07, 6.45) is 6.07. The van der Waals surface area contributed by atoms with Crippen molar-refractivity contribution in [2.75, 3.05) is 0 Å². The molecule has 0 radical (unpaired) electrons. The van der Waals surface area contributed by atoms with Crippen molar-refractivity contribution in [3.05, 3.63) is 35.9 Å². The summed E-state index contributed by atoms with van der Waals surface area (Å²) >= 11 is 0. The summed E-state index contributed by atoms with van der Waals surface area (Å²) in [4.78, 5) is 15.8. The molecule has 1 saturated carbocycles. The zero-order valence-electron chi connectivity index (χ0n) is 12.5. The fraction of sp³-hybridized carbons (Fsp3) is 0.412. The van der Waals surface area contributed by atoms with Gasteiger partial charge in [0.05, 0.1) is 11.3 Å². The van der Waals surface area contributed by atoms with Gasteiger partial charge in [0, 0.05) is 11.3 Å². The maximum absolute atomic E-state index is 11.2. The number of benzene rings is 1. The molecule has 1 aliphatic carbocycles. The molecule has 0 aliphatic heterocycles. The number of para-hydroxylation sites is 1. The van der Waals surface area contributed by atoms with Crippen LogP contribution in [0.4, 0.5) is 5.69 Å². The maximum atomic E-state index is 11.2. The fourth-order valence-electron chi connectivity index (χ4n) is 2.26. The van der Waals surface area contributed by atoms with E-state index in [9.17, 15) is 9.90 Å². The number of carboxylic acids is 1. The summed E-state index contributed by atoms with van der Waals surface area (Å²) in [5.74, 6) is -0.906. The highest BCUT2D eigenvalue weighted by molar-refractivity contribution is 6.17. The smallest absolute Gasteiger partial charge is 0.336 e. The van der Waals surface area contributed by atoms with Gasteiger partial charge in [0.25, 0.3) is 0 Å². The van der Waals surface area contributed by atoms with E-state index in [-0.39, 0.29) is 0 Å². The van der Waals surface area contributed by atoms with Gasteiger partial charge in [-0.05, 0) is 38.7 Å². The van der Waals surface area contributed by atoms with Gasteiger partial charge < -0.3 is 5.11 Å². The van der Waals surface area contributed by atoms with Gasteiger partial charge in [0.1, 0.15) is 0 Å². The van der Waals surface area contributed by atoms with Crippen LogP contribution in [-0.4, -0.2) is 16.8 Å². The third-order valence-electron chi connectivity index (χ3n) is 3.17. The molecule has 0 amide bonds. The van der Waals surface area contributed by atoms with E-state index < -0.39 is 5.97 Å². The predicted molar refractivity (Wildman–Crippen MR) is 84.6 cm³/mol. The molecule has 2 rings (SSSR count). The van der Waals surface area contributed by atoms with Crippen LogP contribution in [0, 0.1) is 0 Å². The Morgan fingerprint density at radius 2 is 1.80 bits per heavy atom. The van der Waals surface area contributed by atoms with Crippen molar-refractivity contribution in [2.45, 2.75) is 46.5 Å². The van der Waals surface area contributed by atoms with E-state index in [1.807, 2.05) is 38.1 Å². The summed E-state index contributed by atoms with van der Waals surface area (Å²) in [6.45, 7) is 5.74. The first-order valence-electron chi connectivity index (χ1n) is 7.28. The first-order valence-corrected chi connectivity index (χ1v) is 7.28. The Balaban J connectivity index is 0.000000956. The van der Waals surface area contributed by atoms with E-state index in [1.165, 1.54) is 18.6 Å². The lowest BCUT2D eigenvalue weighted by Gasteiger charge is -2.07. The van der Waals surface area contributed by atoms with Crippen LogP contribution in [0.5, 0.6) is 0 Å². The van der Waals surface area contributed by atoms with Crippen molar-refractivity contribution in [3.63, 3.8) is 0 Å². The van der Waals surface area contributed by atoms with Crippen molar-refractivity contribution >= 4 is 22.9 Å². The molecule has 0 spiro atoms. The number of aliphatic carboxylic acids is 1. The summed E-state index contributed by atoms with van der Waals surface area (Å²) in [6, 6.07) is 7.44. The van der Waals surface area contributed by atoms with Crippen LogP contribution in [0.25, 0.3) is 5.57 Å². The van der Waals surface area contributed by atoms with Gasteiger partial charge in [-0.3, -0.25) is 4.99 Å². The number of aliphatic imine (C=N–C) groups is 1. The third-order valence-corrected chi connectivity index (χ3v) is 3.17. The van der Waals surface area contributed by atoms with Crippen molar-refractivity contribution in [1.82, 2.24) is 0 Å². The van der Waals surface area contributed by atoms with Crippen LogP contribution in [0.15, 0.2) is 35.3 Å². The number of nitrogens with zero attached hydrogens (tertiary/aromatic N) is 1. The molecular weight excluding hydrogens is 250 g/mol. The number of hydrogen-bond donors (Lipinski definition) is 1. The van der Waals surface area contributed by atoms with Crippen LogP contribution in [0.2, 0.25) is 0 Å². The molecule has 3 nitrogen and oxygen atoms in total. The largest absolute Gasteiger partial charge is 0.478 e.